The van der Waals surface area contributed by atoms with Gasteiger partial charge >= 0.3 is 0 Å². The summed E-state index contributed by atoms with van der Waals surface area (Å²) in [5.41, 5.74) is 2.46. The van der Waals surface area contributed by atoms with E-state index in [9.17, 15) is 0 Å². The van der Waals surface area contributed by atoms with Crippen LogP contribution in [0.2, 0.25) is 0 Å². The van der Waals surface area contributed by atoms with Crippen LogP contribution >= 0.6 is 0 Å². The maximum atomic E-state index is 4.28. The van der Waals surface area contributed by atoms with Gasteiger partial charge in [-0.1, -0.05) is 60.7 Å². The minimum Gasteiger partial charge on any atom is -0.332 e. The predicted molar refractivity (Wildman–Crippen MR) is 82.6 cm³/mol. The first-order valence-electron chi connectivity index (χ1n) is 6.86. The van der Waals surface area contributed by atoms with Crippen LogP contribution in [-0.4, -0.2) is 15.0 Å². The normalized spacial score (nSPS) is 10.3. The van der Waals surface area contributed by atoms with E-state index >= 15 is 0 Å². The molecule has 21 heavy (non-hydrogen) atoms. The van der Waals surface area contributed by atoms with Crippen LogP contribution < -0.4 is 4.90 Å². The molecule has 0 aliphatic rings. The van der Waals surface area contributed by atoms with E-state index in [0.29, 0.717) is 5.95 Å². The highest BCUT2D eigenvalue weighted by Crippen LogP contribution is 2.15. The fourth-order valence-corrected chi connectivity index (χ4v) is 2.20. The summed E-state index contributed by atoms with van der Waals surface area (Å²) in [6.07, 6.45) is 3.07. The van der Waals surface area contributed by atoms with Crippen LogP contribution in [0.5, 0.6) is 0 Å². The van der Waals surface area contributed by atoms with Crippen LogP contribution in [0.1, 0.15) is 11.1 Å². The molecule has 0 saturated heterocycles. The molecule has 0 aliphatic heterocycles. The lowest BCUT2D eigenvalue weighted by Gasteiger charge is -2.22. The van der Waals surface area contributed by atoms with Crippen molar-refractivity contribution in [3.63, 3.8) is 0 Å². The zero-order valence-corrected chi connectivity index (χ0v) is 11.6. The summed E-state index contributed by atoms with van der Waals surface area (Å²) in [5.74, 6) is 0.692. The molecular formula is C17H16N4. The van der Waals surface area contributed by atoms with Gasteiger partial charge in [0.2, 0.25) is 5.95 Å². The highest BCUT2D eigenvalue weighted by molar-refractivity contribution is 5.33. The Labute approximate surface area is 124 Å². The average Bonchev–Trinajstić information content (AvgIpc) is 2.57. The number of anilines is 1. The molecule has 3 aromatic rings. The van der Waals surface area contributed by atoms with Crippen LogP contribution in [0.3, 0.4) is 0 Å². The summed E-state index contributed by atoms with van der Waals surface area (Å²) in [4.78, 5) is 14.6. The molecule has 0 atom stereocenters. The van der Waals surface area contributed by atoms with Gasteiger partial charge < -0.3 is 4.90 Å². The smallest absolute Gasteiger partial charge is 0.228 e. The Hall–Kier alpha value is -2.75. The zero-order chi connectivity index (χ0) is 14.3. The first-order valence-corrected chi connectivity index (χ1v) is 6.86. The highest BCUT2D eigenvalue weighted by Gasteiger charge is 2.10. The van der Waals surface area contributed by atoms with E-state index in [4.69, 9.17) is 0 Å². The van der Waals surface area contributed by atoms with Crippen molar-refractivity contribution in [2.24, 2.45) is 0 Å². The van der Waals surface area contributed by atoms with Crippen LogP contribution in [0.4, 0.5) is 5.95 Å². The molecule has 0 amide bonds. The van der Waals surface area contributed by atoms with Gasteiger partial charge in [0.1, 0.15) is 12.7 Å². The molecule has 1 aromatic heterocycles. The molecular weight excluding hydrogens is 260 g/mol. The molecule has 3 rings (SSSR count). The molecule has 104 valence electrons. The first kappa shape index (κ1) is 13.2. The molecule has 0 saturated carbocycles. The topological polar surface area (TPSA) is 41.9 Å². The van der Waals surface area contributed by atoms with E-state index in [0.717, 1.165) is 13.1 Å². The zero-order valence-electron chi connectivity index (χ0n) is 11.6. The van der Waals surface area contributed by atoms with Crippen molar-refractivity contribution in [1.82, 2.24) is 15.0 Å². The minimum absolute atomic E-state index is 0.692. The number of aromatic nitrogens is 3. The second-order valence-corrected chi connectivity index (χ2v) is 4.77. The third-order valence-corrected chi connectivity index (χ3v) is 3.20. The lowest BCUT2D eigenvalue weighted by Crippen LogP contribution is -2.24. The number of rotatable bonds is 5. The highest BCUT2D eigenvalue weighted by atomic mass is 15.3. The Bertz CT molecular complexity index is 615. The molecule has 0 aliphatic carbocycles. The van der Waals surface area contributed by atoms with Gasteiger partial charge in [-0.3, -0.25) is 0 Å². The molecule has 4 heteroatoms. The van der Waals surface area contributed by atoms with Crippen LogP contribution in [0, 0.1) is 0 Å². The monoisotopic (exact) mass is 276 g/mol. The third-order valence-electron chi connectivity index (χ3n) is 3.20. The summed E-state index contributed by atoms with van der Waals surface area (Å²) in [7, 11) is 0. The second kappa shape index (κ2) is 6.61. The van der Waals surface area contributed by atoms with Gasteiger partial charge in [0.05, 0.1) is 0 Å². The fourth-order valence-electron chi connectivity index (χ4n) is 2.20. The minimum atomic E-state index is 0.692. The van der Waals surface area contributed by atoms with Gasteiger partial charge in [0, 0.05) is 13.1 Å². The largest absolute Gasteiger partial charge is 0.332 e. The maximum absolute atomic E-state index is 4.28. The van der Waals surface area contributed by atoms with E-state index in [1.165, 1.54) is 23.8 Å². The molecule has 0 radical (unpaired) electrons. The van der Waals surface area contributed by atoms with Crippen molar-refractivity contribution >= 4 is 5.95 Å². The molecule has 0 spiro atoms. The summed E-state index contributed by atoms with van der Waals surface area (Å²) < 4.78 is 0. The standard InChI is InChI=1S/C17H16N4/c1-3-7-15(8-4-1)11-21(17-19-13-18-14-20-17)12-16-9-5-2-6-10-16/h1-10,13-14H,11-12H2. The van der Waals surface area contributed by atoms with Crippen molar-refractivity contribution in [3.8, 4) is 0 Å². The van der Waals surface area contributed by atoms with Crippen LogP contribution in [-0.2, 0) is 13.1 Å². The lowest BCUT2D eigenvalue weighted by molar-refractivity contribution is 0.757. The second-order valence-electron chi connectivity index (χ2n) is 4.77. The van der Waals surface area contributed by atoms with E-state index < -0.39 is 0 Å². The summed E-state index contributed by atoms with van der Waals surface area (Å²) in [5, 5.41) is 0. The summed E-state index contributed by atoms with van der Waals surface area (Å²) in [6.45, 7) is 1.53. The molecule has 0 unspecified atom stereocenters. The lowest BCUT2D eigenvalue weighted by atomic mass is 10.2. The Morgan fingerprint density at radius 1 is 0.667 bits per heavy atom. The Morgan fingerprint density at radius 2 is 1.14 bits per heavy atom. The SMILES string of the molecule is c1ccc(CN(Cc2ccccc2)c2ncncn2)cc1. The van der Waals surface area contributed by atoms with Gasteiger partial charge in [-0.2, -0.15) is 0 Å². The van der Waals surface area contributed by atoms with E-state index in [-0.39, 0.29) is 0 Å². The van der Waals surface area contributed by atoms with Crippen molar-refractivity contribution in [3.05, 3.63) is 84.4 Å². The Balaban J connectivity index is 1.84. The quantitative estimate of drug-likeness (QED) is 0.718. The average molecular weight is 276 g/mol. The number of hydrogen-bond acceptors (Lipinski definition) is 4. The fraction of sp³-hybridized carbons (Fsp3) is 0.118. The number of hydrogen-bond donors (Lipinski definition) is 0. The van der Waals surface area contributed by atoms with Gasteiger partial charge in [0.25, 0.3) is 0 Å². The molecule has 0 bridgehead atoms. The van der Waals surface area contributed by atoms with Gasteiger partial charge in [-0.25, -0.2) is 15.0 Å². The predicted octanol–water partition coefficient (Wildman–Crippen LogP) is 3.08. The van der Waals surface area contributed by atoms with Crippen LogP contribution in [0.15, 0.2) is 73.3 Å². The first-order chi connectivity index (χ1) is 10.4. The van der Waals surface area contributed by atoms with Crippen molar-refractivity contribution < 1.29 is 0 Å². The Kier molecular flexibility index (Phi) is 4.17. The van der Waals surface area contributed by atoms with Gasteiger partial charge in [-0.15, -0.1) is 0 Å². The number of nitrogens with zero attached hydrogens (tertiary/aromatic N) is 4. The van der Waals surface area contributed by atoms with E-state index in [1.807, 2.05) is 36.4 Å². The van der Waals surface area contributed by atoms with Gasteiger partial charge in [-0.05, 0) is 11.1 Å². The molecule has 1 heterocycles. The van der Waals surface area contributed by atoms with Crippen molar-refractivity contribution in [2.75, 3.05) is 4.90 Å². The van der Waals surface area contributed by atoms with Gasteiger partial charge in [0.15, 0.2) is 0 Å². The molecule has 2 aromatic carbocycles. The summed E-state index contributed by atoms with van der Waals surface area (Å²) >= 11 is 0. The van der Waals surface area contributed by atoms with Crippen LogP contribution in [0.25, 0.3) is 0 Å². The van der Waals surface area contributed by atoms with Crippen molar-refractivity contribution in [2.45, 2.75) is 13.1 Å². The Morgan fingerprint density at radius 3 is 1.62 bits per heavy atom. The molecule has 0 N–H and O–H groups in total. The molecule has 0 fully saturated rings. The number of benzene rings is 2. The maximum Gasteiger partial charge on any atom is 0.228 e. The third kappa shape index (κ3) is 3.63. The van der Waals surface area contributed by atoms with E-state index in [2.05, 4.69) is 44.1 Å². The van der Waals surface area contributed by atoms with E-state index in [1.54, 1.807) is 0 Å². The molecule has 4 nitrogen and oxygen atoms in total. The van der Waals surface area contributed by atoms with Crippen molar-refractivity contribution in [1.29, 1.82) is 0 Å². The summed E-state index contributed by atoms with van der Waals surface area (Å²) in [6, 6.07) is 20.7.